The second-order valence-electron chi connectivity index (χ2n) is 4.38. The topological polar surface area (TPSA) is 38.3 Å². The van der Waals surface area contributed by atoms with Gasteiger partial charge < -0.3 is 10.1 Å². The van der Waals surface area contributed by atoms with Gasteiger partial charge >= 0.3 is 0 Å². The van der Waals surface area contributed by atoms with Crippen LogP contribution in [-0.4, -0.2) is 13.0 Å². The molecule has 0 bridgehead atoms. The molecule has 1 N–H and O–H groups in total. The van der Waals surface area contributed by atoms with Gasteiger partial charge in [0.25, 0.3) is 0 Å². The summed E-state index contributed by atoms with van der Waals surface area (Å²) in [6.07, 6.45) is 1.92. The third-order valence-corrected chi connectivity index (χ3v) is 2.78. The average Bonchev–Trinajstić information content (AvgIpc) is 2.31. The first-order valence-corrected chi connectivity index (χ1v) is 6.04. The van der Waals surface area contributed by atoms with E-state index >= 15 is 0 Å². The van der Waals surface area contributed by atoms with Gasteiger partial charge in [-0.15, -0.1) is 0 Å². The van der Waals surface area contributed by atoms with Gasteiger partial charge in [-0.3, -0.25) is 4.79 Å². The average molecular weight is 235 g/mol. The van der Waals surface area contributed by atoms with E-state index in [1.54, 1.807) is 7.11 Å². The number of carbonyl (C=O) groups is 1. The number of carbonyl (C=O) groups excluding carboxylic acids is 1. The fraction of sp³-hybridized carbons (Fsp3) is 0.500. The Morgan fingerprint density at radius 2 is 2.18 bits per heavy atom. The molecule has 0 saturated heterocycles. The lowest BCUT2D eigenvalue weighted by Gasteiger charge is -2.14. The molecule has 1 aromatic carbocycles. The summed E-state index contributed by atoms with van der Waals surface area (Å²) in [7, 11) is 1.61. The van der Waals surface area contributed by atoms with Gasteiger partial charge in [0.05, 0.1) is 12.8 Å². The Morgan fingerprint density at radius 3 is 2.76 bits per heavy atom. The first-order chi connectivity index (χ1) is 8.08. The predicted molar refractivity (Wildman–Crippen MR) is 70.4 cm³/mol. The number of hydrogen-bond donors (Lipinski definition) is 1. The highest BCUT2D eigenvalue weighted by Crippen LogP contribution is 2.26. The largest absolute Gasteiger partial charge is 0.495 e. The lowest BCUT2D eigenvalue weighted by atomic mass is 10.1. The van der Waals surface area contributed by atoms with Crippen molar-refractivity contribution in [2.45, 2.75) is 33.6 Å². The standard InChI is InChI=1S/C14H21NO2/c1-5-6-11(3)14(16)15-12-8-7-10(2)9-13(12)17-4/h7-9,11H,5-6H2,1-4H3,(H,15,16). The Morgan fingerprint density at radius 1 is 1.47 bits per heavy atom. The van der Waals surface area contributed by atoms with Crippen molar-refractivity contribution in [1.82, 2.24) is 0 Å². The molecule has 1 aromatic rings. The van der Waals surface area contributed by atoms with Gasteiger partial charge in [-0.1, -0.05) is 26.3 Å². The molecule has 0 aliphatic rings. The van der Waals surface area contributed by atoms with Gasteiger partial charge in [0.15, 0.2) is 0 Å². The summed E-state index contributed by atoms with van der Waals surface area (Å²) in [5, 5.41) is 2.91. The quantitative estimate of drug-likeness (QED) is 0.849. The number of aryl methyl sites for hydroxylation is 1. The second-order valence-corrected chi connectivity index (χ2v) is 4.38. The highest BCUT2D eigenvalue weighted by atomic mass is 16.5. The molecule has 0 fully saturated rings. The van der Waals surface area contributed by atoms with Crippen molar-refractivity contribution in [2.75, 3.05) is 12.4 Å². The Balaban J connectivity index is 2.77. The second kappa shape index (κ2) is 6.28. The molecule has 94 valence electrons. The summed E-state index contributed by atoms with van der Waals surface area (Å²) in [4.78, 5) is 11.9. The summed E-state index contributed by atoms with van der Waals surface area (Å²) >= 11 is 0. The zero-order chi connectivity index (χ0) is 12.8. The maximum absolute atomic E-state index is 11.9. The van der Waals surface area contributed by atoms with Gasteiger partial charge in [-0.05, 0) is 31.0 Å². The van der Waals surface area contributed by atoms with Crippen LogP contribution in [-0.2, 0) is 4.79 Å². The number of benzene rings is 1. The van der Waals surface area contributed by atoms with Crippen LogP contribution in [0, 0.1) is 12.8 Å². The molecular formula is C14H21NO2. The minimum atomic E-state index is 0.0333. The van der Waals surface area contributed by atoms with Gasteiger partial charge in [-0.25, -0.2) is 0 Å². The molecule has 0 saturated carbocycles. The number of nitrogens with one attached hydrogen (secondary N) is 1. The molecule has 0 aromatic heterocycles. The van der Waals surface area contributed by atoms with Crippen LogP contribution in [0.15, 0.2) is 18.2 Å². The van der Waals surface area contributed by atoms with Crippen molar-refractivity contribution in [3.63, 3.8) is 0 Å². The highest BCUT2D eigenvalue weighted by molar-refractivity contribution is 5.93. The lowest BCUT2D eigenvalue weighted by molar-refractivity contribution is -0.119. The molecule has 1 rings (SSSR count). The zero-order valence-electron chi connectivity index (χ0n) is 11.0. The van der Waals surface area contributed by atoms with Crippen LogP contribution in [0.5, 0.6) is 5.75 Å². The minimum absolute atomic E-state index is 0.0333. The van der Waals surface area contributed by atoms with Crippen LogP contribution < -0.4 is 10.1 Å². The third kappa shape index (κ3) is 3.77. The van der Waals surface area contributed by atoms with Crippen LogP contribution in [0.25, 0.3) is 0 Å². The predicted octanol–water partition coefficient (Wildman–Crippen LogP) is 3.38. The van der Waals surface area contributed by atoms with Crippen molar-refractivity contribution in [1.29, 1.82) is 0 Å². The van der Waals surface area contributed by atoms with Gasteiger partial charge in [0, 0.05) is 5.92 Å². The van der Waals surface area contributed by atoms with Crippen LogP contribution in [0.1, 0.15) is 32.3 Å². The number of amides is 1. The number of anilines is 1. The molecule has 0 aliphatic heterocycles. The zero-order valence-corrected chi connectivity index (χ0v) is 11.0. The van der Waals surface area contributed by atoms with Crippen molar-refractivity contribution in [3.05, 3.63) is 23.8 Å². The summed E-state index contributed by atoms with van der Waals surface area (Å²) < 4.78 is 5.25. The summed E-state index contributed by atoms with van der Waals surface area (Å²) in [5.74, 6) is 0.794. The molecule has 3 nitrogen and oxygen atoms in total. The molecule has 0 aliphatic carbocycles. The number of hydrogen-bond acceptors (Lipinski definition) is 2. The fourth-order valence-electron chi connectivity index (χ4n) is 1.72. The monoisotopic (exact) mass is 235 g/mol. The van der Waals surface area contributed by atoms with Crippen LogP contribution in [0.3, 0.4) is 0 Å². The molecular weight excluding hydrogens is 214 g/mol. The van der Waals surface area contributed by atoms with E-state index in [2.05, 4.69) is 12.2 Å². The lowest BCUT2D eigenvalue weighted by Crippen LogP contribution is -2.20. The van der Waals surface area contributed by atoms with Crippen molar-refractivity contribution >= 4 is 11.6 Å². The Hall–Kier alpha value is -1.51. The Labute approximate surface area is 103 Å². The molecule has 3 heteroatoms. The Bertz CT molecular complexity index is 388. The molecule has 1 amide bonds. The van der Waals surface area contributed by atoms with E-state index in [0.717, 1.165) is 24.1 Å². The van der Waals surface area contributed by atoms with Crippen LogP contribution >= 0.6 is 0 Å². The number of ether oxygens (including phenoxy) is 1. The minimum Gasteiger partial charge on any atom is -0.495 e. The summed E-state index contributed by atoms with van der Waals surface area (Å²) in [5.41, 5.74) is 1.85. The molecule has 17 heavy (non-hydrogen) atoms. The van der Waals surface area contributed by atoms with E-state index in [4.69, 9.17) is 4.74 Å². The SMILES string of the molecule is CCCC(C)C(=O)Nc1ccc(C)cc1OC. The van der Waals surface area contributed by atoms with E-state index in [0.29, 0.717) is 5.75 Å². The van der Waals surface area contributed by atoms with Crippen molar-refractivity contribution < 1.29 is 9.53 Å². The first kappa shape index (κ1) is 13.6. The van der Waals surface area contributed by atoms with E-state index in [9.17, 15) is 4.79 Å². The van der Waals surface area contributed by atoms with Crippen molar-refractivity contribution in [2.24, 2.45) is 5.92 Å². The normalized spacial score (nSPS) is 12.0. The van der Waals surface area contributed by atoms with E-state index in [-0.39, 0.29) is 11.8 Å². The number of rotatable bonds is 5. The molecule has 0 heterocycles. The fourth-order valence-corrected chi connectivity index (χ4v) is 1.72. The van der Waals surface area contributed by atoms with Crippen molar-refractivity contribution in [3.8, 4) is 5.75 Å². The molecule has 1 atom stereocenters. The maximum Gasteiger partial charge on any atom is 0.227 e. The van der Waals surface area contributed by atoms with E-state index in [1.165, 1.54) is 0 Å². The van der Waals surface area contributed by atoms with Gasteiger partial charge in [0.2, 0.25) is 5.91 Å². The molecule has 1 unspecified atom stereocenters. The van der Waals surface area contributed by atoms with Crippen LogP contribution in [0.2, 0.25) is 0 Å². The maximum atomic E-state index is 11.9. The van der Waals surface area contributed by atoms with E-state index in [1.807, 2.05) is 32.0 Å². The first-order valence-electron chi connectivity index (χ1n) is 6.04. The smallest absolute Gasteiger partial charge is 0.227 e. The third-order valence-electron chi connectivity index (χ3n) is 2.78. The summed E-state index contributed by atoms with van der Waals surface area (Å²) in [6, 6.07) is 5.76. The van der Waals surface area contributed by atoms with Gasteiger partial charge in [0.1, 0.15) is 5.75 Å². The number of methoxy groups -OCH3 is 1. The highest BCUT2D eigenvalue weighted by Gasteiger charge is 2.13. The van der Waals surface area contributed by atoms with Crippen LogP contribution in [0.4, 0.5) is 5.69 Å². The van der Waals surface area contributed by atoms with Gasteiger partial charge in [-0.2, -0.15) is 0 Å². The molecule has 0 spiro atoms. The molecule has 0 radical (unpaired) electrons. The summed E-state index contributed by atoms with van der Waals surface area (Å²) in [6.45, 7) is 6.02. The van der Waals surface area contributed by atoms with E-state index < -0.39 is 0 Å². The Kier molecular flexibility index (Phi) is 5.01.